The molecule has 8 nitrogen and oxygen atoms in total. The average molecular weight is 431 g/mol. The minimum absolute atomic E-state index is 0.145. The van der Waals surface area contributed by atoms with Crippen LogP contribution in [0.3, 0.4) is 0 Å². The minimum Gasteiger partial charge on any atom is -0.494 e. The van der Waals surface area contributed by atoms with Crippen LogP contribution < -0.4 is 20.5 Å². The molecule has 0 aliphatic carbocycles. The molecule has 1 fully saturated rings. The number of rotatable bonds is 6. The first-order valence-electron chi connectivity index (χ1n) is 10.5. The van der Waals surface area contributed by atoms with Gasteiger partial charge < -0.3 is 25.1 Å². The first kappa shape index (κ1) is 20.1. The highest BCUT2D eigenvalue weighted by molar-refractivity contribution is 5.95. The Labute approximate surface area is 186 Å². The molecule has 0 bridgehead atoms. The topological polar surface area (TPSA) is 90.5 Å². The third kappa shape index (κ3) is 3.69. The van der Waals surface area contributed by atoms with Gasteiger partial charge in [-0.2, -0.15) is 0 Å². The van der Waals surface area contributed by atoms with Crippen molar-refractivity contribution >= 4 is 28.2 Å². The summed E-state index contributed by atoms with van der Waals surface area (Å²) < 4.78 is 13.7. The number of para-hydroxylation sites is 1. The fourth-order valence-electron chi connectivity index (χ4n) is 4.08. The van der Waals surface area contributed by atoms with Crippen molar-refractivity contribution in [2.45, 2.75) is 6.10 Å². The molecular weight excluding hydrogens is 404 g/mol. The molecule has 1 aliphatic heterocycles. The highest BCUT2D eigenvalue weighted by Gasteiger charge is 2.26. The van der Waals surface area contributed by atoms with Gasteiger partial charge in [0.25, 0.3) is 0 Å². The molecule has 4 aromatic rings. The van der Waals surface area contributed by atoms with Crippen molar-refractivity contribution < 1.29 is 9.47 Å². The van der Waals surface area contributed by atoms with E-state index in [1.54, 1.807) is 19.4 Å². The van der Waals surface area contributed by atoms with Crippen LogP contribution in [0, 0.1) is 0 Å². The predicted octanol–water partition coefficient (Wildman–Crippen LogP) is 3.66. The Kier molecular flexibility index (Phi) is 5.07. The second-order valence-corrected chi connectivity index (χ2v) is 8.11. The fourth-order valence-corrected chi connectivity index (χ4v) is 4.08. The Morgan fingerprint density at radius 3 is 2.69 bits per heavy atom. The second-order valence-electron chi connectivity index (χ2n) is 8.11. The first-order chi connectivity index (χ1) is 15.5. The van der Waals surface area contributed by atoms with Crippen LogP contribution in [0.1, 0.15) is 0 Å². The van der Waals surface area contributed by atoms with Crippen molar-refractivity contribution in [2.24, 2.45) is 7.05 Å². The number of aromatic nitrogens is 3. The van der Waals surface area contributed by atoms with E-state index >= 15 is 0 Å². The fraction of sp³-hybridized carbons (Fsp3) is 0.250. The van der Waals surface area contributed by atoms with E-state index in [1.165, 1.54) is 0 Å². The van der Waals surface area contributed by atoms with Crippen LogP contribution in [0.5, 0.6) is 11.5 Å². The maximum Gasteiger partial charge on any atom is 0.227 e. The van der Waals surface area contributed by atoms with E-state index in [2.05, 4.69) is 45.1 Å². The molecule has 0 radical (unpaired) electrons. The lowest BCUT2D eigenvalue weighted by Gasteiger charge is -2.36. The molecule has 164 valence electrons. The Balaban J connectivity index is 1.43. The van der Waals surface area contributed by atoms with E-state index < -0.39 is 0 Å². The summed E-state index contributed by atoms with van der Waals surface area (Å²) in [5.74, 6) is 1.69. The third-order valence-corrected chi connectivity index (χ3v) is 5.73. The zero-order valence-corrected chi connectivity index (χ0v) is 18.4. The van der Waals surface area contributed by atoms with E-state index in [-0.39, 0.29) is 6.10 Å². The highest BCUT2D eigenvalue weighted by atomic mass is 16.5. The van der Waals surface area contributed by atoms with Crippen LogP contribution in [0.25, 0.3) is 22.2 Å². The Morgan fingerprint density at radius 2 is 1.91 bits per heavy atom. The Morgan fingerprint density at radius 1 is 1.09 bits per heavy atom. The number of methoxy groups -OCH3 is 1. The van der Waals surface area contributed by atoms with Gasteiger partial charge in [-0.15, -0.1) is 0 Å². The summed E-state index contributed by atoms with van der Waals surface area (Å²) in [6.07, 6.45) is 3.97. The third-order valence-electron chi connectivity index (χ3n) is 5.73. The number of likely N-dealkylation sites (N-methyl/N-ethyl adjacent to an activating group) is 1. The molecular formula is C24H26N6O2. The van der Waals surface area contributed by atoms with Crippen LogP contribution in [-0.2, 0) is 7.05 Å². The van der Waals surface area contributed by atoms with E-state index in [4.69, 9.17) is 20.2 Å². The number of benzene rings is 2. The van der Waals surface area contributed by atoms with E-state index in [0.717, 1.165) is 35.2 Å². The number of hydrogen-bond donors (Lipinski definition) is 2. The Bertz CT molecular complexity index is 1280. The van der Waals surface area contributed by atoms with Gasteiger partial charge in [-0.05, 0) is 25.2 Å². The van der Waals surface area contributed by atoms with Crippen molar-refractivity contribution in [1.82, 2.24) is 19.4 Å². The van der Waals surface area contributed by atoms with Crippen LogP contribution in [0.15, 0.2) is 54.9 Å². The van der Waals surface area contributed by atoms with Crippen LogP contribution in [0.4, 0.5) is 17.3 Å². The van der Waals surface area contributed by atoms with Gasteiger partial charge >= 0.3 is 0 Å². The lowest BCUT2D eigenvalue weighted by Crippen LogP contribution is -2.51. The number of fused-ring (bicyclic) bond motifs is 1. The minimum atomic E-state index is 0.145. The van der Waals surface area contributed by atoms with Crippen molar-refractivity contribution in [3.63, 3.8) is 0 Å². The van der Waals surface area contributed by atoms with Gasteiger partial charge in [-0.1, -0.05) is 18.2 Å². The van der Waals surface area contributed by atoms with E-state index in [0.29, 0.717) is 28.8 Å². The summed E-state index contributed by atoms with van der Waals surface area (Å²) in [5.41, 5.74) is 10.5. The average Bonchev–Trinajstić information content (AvgIpc) is 3.11. The van der Waals surface area contributed by atoms with Crippen LogP contribution >= 0.6 is 0 Å². The number of nitrogens with one attached hydrogen (secondary N) is 1. The van der Waals surface area contributed by atoms with Crippen molar-refractivity contribution in [3.8, 4) is 22.8 Å². The maximum absolute atomic E-state index is 6.27. The molecule has 8 heteroatoms. The molecule has 0 amide bonds. The summed E-state index contributed by atoms with van der Waals surface area (Å²) in [5, 5.41) is 4.39. The molecule has 3 N–H and O–H groups in total. The van der Waals surface area contributed by atoms with E-state index in [1.807, 2.05) is 31.3 Å². The number of nitrogens with two attached hydrogens (primary N) is 1. The molecule has 0 saturated carbocycles. The summed E-state index contributed by atoms with van der Waals surface area (Å²) in [7, 11) is 5.71. The SMILES string of the molecule is COc1cc(OC2CN(C)C2)c(N)cc1Nc1nccc(-c2cn(C)c3ccccc23)n1. The van der Waals surface area contributed by atoms with Gasteiger partial charge in [0.15, 0.2) is 0 Å². The van der Waals surface area contributed by atoms with Gasteiger partial charge in [-0.3, -0.25) is 4.90 Å². The molecule has 2 aromatic carbocycles. The largest absolute Gasteiger partial charge is 0.494 e. The summed E-state index contributed by atoms with van der Waals surface area (Å²) in [6.45, 7) is 1.77. The van der Waals surface area contributed by atoms with Gasteiger partial charge in [-0.25, -0.2) is 9.97 Å². The molecule has 32 heavy (non-hydrogen) atoms. The normalized spacial score (nSPS) is 14.3. The van der Waals surface area contributed by atoms with Gasteiger partial charge in [0, 0.05) is 55.1 Å². The maximum atomic E-state index is 6.27. The van der Waals surface area contributed by atoms with Crippen molar-refractivity contribution in [1.29, 1.82) is 0 Å². The smallest absolute Gasteiger partial charge is 0.227 e. The zero-order chi connectivity index (χ0) is 22.2. The zero-order valence-electron chi connectivity index (χ0n) is 18.4. The molecule has 0 spiro atoms. The van der Waals surface area contributed by atoms with Crippen molar-refractivity contribution in [3.05, 3.63) is 54.9 Å². The number of anilines is 3. The molecule has 5 rings (SSSR count). The standard InChI is InChI=1S/C24H26N6O2/c1-29-12-15(13-29)32-22-11-23(31-3)20(10-18(22)25)28-24-26-9-8-19(27-24)17-14-30(2)21-7-5-4-6-16(17)21/h4-11,14-15H,12-13,25H2,1-3H3,(H,26,27,28). The predicted molar refractivity (Wildman–Crippen MR) is 127 cm³/mol. The molecule has 2 aromatic heterocycles. The number of likely N-dealkylation sites (tertiary alicyclic amines) is 1. The molecule has 1 aliphatic rings. The lowest BCUT2D eigenvalue weighted by atomic mass is 10.1. The highest BCUT2D eigenvalue weighted by Crippen LogP contribution is 2.37. The first-order valence-corrected chi connectivity index (χ1v) is 10.5. The number of hydrogen-bond acceptors (Lipinski definition) is 7. The number of ether oxygens (including phenoxy) is 2. The van der Waals surface area contributed by atoms with E-state index in [9.17, 15) is 0 Å². The summed E-state index contributed by atoms with van der Waals surface area (Å²) >= 11 is 0. The second kappa shape index (κ2) is 8.05. The van der Waals surface area contributed by atoms with Crippen LogP contribution in [-0.4, -0.2) is 52.8 Å². The van der Waals surface area contributed by atoms with Gasteiger partial charge in [0.2, 0.25) is 5.95 Å². The summed E-state index contributed by atoms with van der Waals surface area (Å²) in [4.78, 5) is 11.3. The lowest BCUT2D eigenvalue weighted by molar-refractivity contribution is 0.0392. The monoisotopic (exact) mass is 430 g/mol. The molecule has 3 heterocycles. The van der Waals surface area contributed by atoms with Gasteiger partial charge in [0.05, 0.1) is 24.2 Å². The number of aryl methyl sites for hydroxylation is 1. The molecule has 0 unspecified atom stereocenters. The number of nitrogen functional groups attached to an aromatic ring is 1. The quantitative estimate of drug-likeness (QED) is 0.451. The molecule has 0 atom stereocenters. The number of nitrogens with zero attached hydrogens (tertiary/aromatic N) is 4. The Hall–Kier alpha value is -3.78. The van der Waals surface area contributed by atoms with Crippen molar-refractivity contribution in [2.75, 3.05) is 38.3 Å². The van der Waals surface area contributed by atoms with Gasteiger partial charge in [0.1, 0.15) is 17.6 Å². The molecule has 1 saturated heterocycles. The van der Waals surface area contributed by atoms with Crippen LogP contribution in [0.2, 0.25) is 0 Å². The summed E-state index contributed by atoms with van der Waals surface area (Å²) in [6, 6.07) is 13.8.